The van der Waals surface area contributed by atoms with Gasteiger partial charge in [0.2, 0.25) is 0 Å². The summed E-state index contributed by atoms with van der Waals surface area (Å²) in [6.07, 6.45) is 0. The molecule has 61 heavy (non-hydrogen) atoms. The normalized spacial score (nSPS) is 11.9. The molecule has 3 nitrogen and oxygen atoms in total. The maximum Gasteiger partial charge on any atom is 0.0619 e. The van der Waals surface area contributed by atoms with Crippen molar-refractivity contribution in [3.05, 3.63) is 224 Å². The lowest BCUT2D eigenvalue weighted by Gasteiger charge is -2.15. The van der Waals surface area contributed by atoms with E-state index >= 15 is 0 Å². The molecule has 0 bridgehead atoms. The van der Waals surface area contributed by atoms with Crippen molar-refractivity contribution >= 4 is 76.2 Å². The van der Waals surface area contributed by atoms with Crippen LogP contribution in [0.2, 0.25) is 0 Å². The van der Waals surface area contributed by atoms with Crippen LogP contribution in [0.3, 0.4) is 0 Å². The minimum absolute atomic E-state index is 1.14. The molecule has 0 N–H and O–H groups in total. The van der Waals surface area contributed by atoms with Gasteiger partial charge in [-0.25, -0.2) is 0 Å². The molecule has 3 heterocycles. The van der Waals surface area contributed by atoms with E-state index in [9.17, 15) is 0 Å². The predicted octanol–water partition coefficient (Wildman–Crippen LogP) is 15.5. The molecule has 0 fully saturated rings. The molecule has 3 heteroatoms. The maximum absolute atomic E-state index is 2.46. The van der Waals surface area contributed by atoms with Crippen LogP contribution in [-0.2, 0) is 0 Å². The van der Waals surface area contributed by atoms with Crippen molar-refractivity contribution in [2.24, 2.45) is 0 Å². The van der Waals surface area contributed by atoms with Gasteiger partial charge in [-0.2, -0.15) is 0 Å². The van der Waals surface area contributed by atoms with Gasteiger partial charge in [-0.05, 0) is 118 Å². The third-order valence-electron chi connectivity index (χ3n) is 12.8. The van der Waals surface area contributed by atoms with E-state index in [-0.39, 0.29) is 0 Å². The van der Waals surface area contributed by atoms with E-state index in [1.165, 1.54) is 98.4 Å². The third kappa shape index (κ3) is 5.04. The van der Waals surface area contributed by atoms with Crippen molar-refractivity contribution in [1.29, 1.82) is 0 Å². The minimum atomic E-state index is 1.14. The average molecular weight is 776 g/mol. The second-order valence-electron chi connectivity index (χ2n) is 16.1. The Hall–Kier alpha value is -8.14. The first-order valence-electron chi connectivity index (χ1n) is 21.0. The van der Waals surface area contributed by atoms with E-state index in [0.29, 0.717) is 0 Å². The highest BCUT2D eigenvalue weighted by Crippen LogP contribution is 2.45. The lowest BCUT2D eigenvalue weighted by Crippen LogP contribution is -1.96. The predicted molar refractivity (Wildman–Crippen MR) is 258 cm³/mol. The van der Waals surface area contributed by atoms with Gasteiger partial charge in [-0.3, -0.25) is 0 Å². The molecule has 0 saturated heterocycles. The van der Waals surface area contributed by atoms with Crippen molar-refractivity contribution in [2.45, 2.75) is 0 Å². The Balaban J connectivity index is 1.13. The lowest BCUT2D eigenvalue weighted by atomic mass is 9.93. The summed E-state index contributed by atoms with van der Waals surface area (Å²) in [6, 6.07) is 82.3. The Kier molecular flexibility index (Phi) is 7.31. The number of hydrogen-bond acceptors (Lipinski definition) is 0. The zero-order chi connectivity index (χ0) is 40.0. The molecule has 0 spiro atoms. The summed E-state index contributed by atoms with van der Waals surface area (Å²) in [5.41, 5.74) is 15.4. The molecule has 0 atom stereocenters. The van der Waals surface area contributed by atoms with Gasteiger partial charge in [-0.15, -0.1) is 0 Å². The lowest BCUT2D eigenvalue weighted by molar-refractivity contribution is 1.18. The second-order valence-corrected chi connectivity index (χ2v) is 16.1. The number of para-hydroxylation sites is 5. The molecule has 13 aromatic rings. The molecule has 0 unspecified atom stereocenters. The molecular formula is C58H37N3. The van der Waals surface area contributed by atoms with Gasteiger partial charge in [0.1, 0.15) is 0 Å². The minimum Gasteiger partial charge on any atom is -0.309 e. The first-order valence-corrected chi connectivity index (χ1v) is 21.0. The van der Waals surface area contributed by atoms with Gasteiger partial charge < -0.3 is 13.7 Å². The highest BCUT2D eigenvalue weighted by Gasteiger charge is 2.22. The van der Waals surface area contributed by atoms with Gasteiger partial charge in [-0.1, -0.05) is 133 Å². The highest BCUT2D eigenvalue weighted by atomic mass is 15.0. The molecule has 0 aliphatic rings. The van der Waals surface area contributed by atoms with Gasteiger partial charge in [0.25, 0.3) is 0 Å². The van der Waals surface area contributed by atoms with Crippen molar-refractivity contribution in [3.63, 3.8) is 0 Å². The van der Waals surface area contributed by atoms with Crippen LogP contribution in [0.1, 0.15) is 0 Å². The van der Waals surface area contributed by atoms with Crippen LogP contribution in [0.4, 0.5) is 0 Å². The van der Waals surface area contributed by atoms with Crippen molar-refractivity contribution in [2.75, 3.05) is 0 Å². The second kappa shape index (κ2) is 13.2. The van der Waals surface area contributed by atoms with Crippen molar-refractivity contribution in [1.82, 2.24) is 13.7 Å². The van der Waals surface area contributed by atoms with Crippen LogP contribution < -0.4 is 0 Å². The first kappa shape index (κ1) is 33.8. The Bertz CT molecular complexity index is 3850. The number of hydrogen-bond donors (Lipinski definition) is 0. The van der Waals surface area contributed by atoms with E-state index in [0.717, 1.165) is 17.1 Å². The van der Waals surface area contributed by atoms with Crippen LogP contribution in [0.15, 0.2) is 224 Å². The summed E-state index contributed by atoms with van der Waals surface area (Å²) in [4.78, 5) is 0. The Labute approximate surface area is 352 Å². The molecular weight excluding hydrogens is 739 g/mol. The fourth-order valence-corrected chi connectivity index (χ4v) is 10.2. The van der Waals surface area contributed by atoms with E-state index in [4.69, 9.17) is 0 Å². The maximum atomic E-state index is 2.46. The largest absolute Gasteiger partial charge is 0.309 e. The van der Waals surface area contributed by atoms with E-state index in [2.05, 4.69) is 238 Å². The number of benzene rings is 10. The Morgan fingerprint density at radius 2 is 0.705 bits per heavy atom. The van der Waals surface area contributed by atoms with Crippen LogP contribution in [0.25, 0.3) is 116 Å². The van der Waals surface area contributed by atoms with Crippen LogP contribution in [-0.4, -0.2) is 13.7 Å². The number of nitrogens with zero attached hydrogens (tertiary/aromatic N) is 3. The summed E-state index contributed by atoms with van der Waals surface area (Å²) < 4.78 is 7.28. The molecule has 10 aromatic carbocycles. The SMILES string of the molecule is c1ccc(-n2c3ccccc3c3cc(-c4cc(-c5ccc6c(c5)c5c7ccccc7ccc5n6-c5ccccc5)cc5c6ccccc6n(-c6ccccc6)c45)ccc32)cc1. The molecule has 0 aliphatic heterocycles. The standard InChI is InChI=1S/C58H37N3/c1-4-17-42(18-5-1)59-52-26-14-12-24-46(52)49-35-40(30-32-54(49)59)48-36-41(37-50-47-25-13-15-27-53(47)61(58(48)50)44-21-8-3-9-22-44)39-29-31-55-51(34-39)57-45-23-11-10-16-38(45)28-33-56(57)60(55)43-19-6-2-7-20-43/h1-37H. The van der Waals surface area contributed by atoms with Crippen LogP contribution in [0, 0.1) is 0 Å². The monoisotopic (exact) mass is 775 g/mol. The number of fused-ring (bicyclic) bond motifs is 11. The topological polar surface area (TPSA) is 14.8 Å². The van der Waals surface area contributed by atoms with Crippen molar-refractivity contribution in [3.8, 4) is 39.3 Å². The zero-order valence-corrected chi connectivity index (χ0v) is 33.2. The highest BCUT2D eigenvalue weighted by molar-refractivity contribution is 6.22. The molecule has 284 valence electrons. The van der Waals surface area contributed by atoms with E-state index in [1.807, 2.05) is 0 Å². The fraction of sp³-hybridized carbons (Fsp3) is 0. The van der Waals surface area contributed by atoms with Gasteiger partial charge in [0.05, 0.1) is 33.1 Å². The summed E-state index contributed by atoms with van der Waals surface area (Å²) >= 11 is 0. The van der Waals surface area contributed by atoms with E-state index < -0.39 is 0 Å². The smallest absolute Gasteiger partial charge is 0.0619 e. The Morgan fingerprint density at radius 1 is 0.246 bits per heavy atom. The summed E-state index contributed by atoms with van der Waals surface area (Å²) in [5, 5.41) is 9.98. The molecule has 0 aliphatic carbocycles. The van der Waals surface area contributed by atoms with Gasteiger partial charge in [0.15, 0.2) is 0 Å². The zero-order valence-electron chi connectivity index (χ0n) is 33.2. The number of aromatic nitrogens is 3. The molecule has 0 radical (unpaired) electrons. The summed E-state index contributed by atoms with van der Waals surface area (Å²) in [6.45, 7) is 0. The quantitative estimate of drug-likeness (QED) is 0.165. The summed E-state index contributed by atoms with van der Waals surface area (Å²) in [7, 11) is 0. The van der Waals surface area contributed by atoms with Crippen LogP contribution in [0.5, 0.6) is 0 Å². The first-order chi connectivity index (χ1) is 30.3. The van der Waals surface area contributed by atoms with Crippen LogP contribution >= 0.6 is 0 Å². The summed E-state index contributed by atoms with van der Waals surface area (Å²) in [5.74, 6) is 0. The average Bonchev–Trinajstić information content (AvgIpc) is 3.97. The third-order valence-corrected chi connectivity index (χ3v) is 12.8. The molecule has 0 amide bonds. The van der Waals surface area contributed by atoms with E-state index in [1.54, 1.807) is 0 Å². The molecule has 3 aromatic heterocycles. The fourth-order valence-electron chi connectivity index (χ4n) is 10.2. The Morgan fingerprint density at radius 3 is 1.39 bits per heavy atom. The van der Waals surface area contributed by atoms with Gasteiger partial charge >= 0.3 is 0 Å². The van der Waals surface area contributed by atoms with Crippen molar-refractivity contribution < 1.29 is 0 Å². The molecule has 13 rings (SSSR count). The molecule has 0 saturated carbocycles. The van der Waals surface area contributed by atoms with Gasteiger partial charge in [0, 0.05) is 54.9 Å². The number of rotatable bonds is 5.